The molecule has 100 valence electrons. The van der Waals surface area contributed by atoms with E-state index >= 15 is 0 Å². The molecule has 1 atom stereocenters. The topological polar surface area (TPSA) is 49.8 Å². The molecule has 0 aliphatic carbocycles. The Labute approximate surface area is 108 Å². The van der Waals surface area contributed by atoms with E-state index in [2.05, 4.69) is 9.64 Å². The van der Waals surface area contributed by atoms with Crippen LogP contribution < -0.4 is 4.90 Å². The minimum absolute atomic E-state index is 0.194. The van der Waals surface area contributed by atoms with Crippen molar-refractivity contribution in [3.63, 3.8) is 0 Å². The van der Waals surface area contributed by atoms with Crippen molar-refractivity contribution in [1.29, 1.82) is 0 Å². The van der Waals surface area contributed by atoms with Gasteiger partial charge in [-0.25, -0.2) is 0 Å². The summed E-state index contributed by atoms with van der Waals surface area (Å²) in [5.74, 6) is -0.194. The van der Waals surface area contributed by atoms with Gasteiger partial charge in [-0.3, -0.25) is 4.79 Å². The van der Waals surface area contributed by atoms with Gasteiger partial charge in [-0.1, -0.05) is 18.2 Å². The van der Waals surface area contributed by atoms with Crippen LogP contribution in [0.5, 0.6) is 0 Å². The summed E-state index contributed by atoms with van der Waals surface area (Å²) in [6.45, 7) is 3.05. The normalized spacial score (nSPS) is 11.9. The van der Waals surface area contributed by atoms with Crippen LogP contribution >= 0.6 is 0 Å². The molecule has 0 saturated carbocycles. The zero-order chi connectivity index (χ0) is 13.4. The van der Waals surface area contributed by atoms with Crippen molar-refractivity contribution in [2.75, 3.05) is 25.1 Å². The Hall–Kier alpha value is -1.55. The van der Waals surface area contributed by atoms with Crippen LogP contribution in [0, 0.1) is 0 Å². The van der Waals surface area contributed by atoms with E-state index in [-0.39, 0.29) is 5.97 Å². The lowest BCUT2D eigenvalue weighted by molar-refractivity contribution is -0.140. The highest BCUT2D eigenvalue weighted by atomic mass is 16.5. The van der Waals surface area contributed by atoms with E-state index in [1.807, 2.05) is 30.3 Å². The van der Waals surface area contributed by atoms with Crippen molar-refractivity contribution in [1.82, 2.24) is 0 Å². The Morgan fingerprint density at radius 1 is 1.39 bits per heavy atom. The molecule has 0 amide bonds. The lowest BCUT2D eigenvalue weighted by Gasteiger charge is -2.26. The first kappa shape index (κ1) is 14.5. The van der Waals surface area contributed by atoms with E-state index in [9.17, 15) is 9.90 Å². The smallest absolute Gasteiger partial charge is 0.305 e. The Kier molecular flexibility index (Phi) is 6.22. The van der Waals surface area contributed by atoms with Crippen LogP contribution in [0.15, 0.2) is 30.3 Å². The molecule has 1 aromatic carbocycles. The standard InChI is InChI=1S/C14H21NO3/c1-12(16)11-15(10-6-9-14(17)18-2)13-7-4-3-5-8-13/h3-5,7-8,12,16H,6,9-11H2,1-2H3. The van der Waals surface area contributed by atoms with E-state index in [1.54, 1.807) is 6.92 Å². The third-order valence-corrected chi connectivity index (χ3v) is 2.64. The van der Waals surface area contributed by atoms with E-state index in [0.717, 1.165) is 12.2 Å². The molecule has 0 saturated heterocycles. The zero-order valence-corrected chi connectivity index (χ0v) is 11.0. The summed E-state index contributed by atoms with van der Waals surface area (Å²) in [6, 6.07) is 9.88. The maximum Gasteiger partial charge on any atom is 0.305 e. The lowest BCUT2D eigenvalue weighted by Crippen LogP contribution is -2.32. The van der Waals surface area contributed by atoms with Gasteiger partial charge in [0.05, 0.1) is 13.2 Å². The Morgan fingerprint density at radius 3 is 2.61 bits per heavy atom. The number of anilines is 1. The van der Waals surface area contributed by atoms with Crippen molar-refractivity contribution in [2.24, 2.45) is 0 Å². The molecule has 0 spiro atoms. The molecule has 0 bridgehead atoms. The molecule has 1 unspecified atom stereocenters. The first-order valence-electron chi connectivity index (χ1n) is 6.18. The number of methoxy groups -OCH3 is 1. The molecule has 1 N–H and O–H groups in total. The number of para-hydroxylation sites is 1. The number of rotatable bonds is 7. The van der Waals surface area contributed by atoms with Crippen LogP contribution in [-0.4, -0.2) is 37.4 Å². The fourth-order valence-electron chi connectivity index (χ4n) is 1.80. The largest absolute Gasteiger partial charge is 0.469 e. The molecule has 1 aromatic rings. The van der Waals surface area contributed by atoms with Crippen LogP contribution in [0.25, 0.3) is 0 Å². The number of benzene rings is 1. The van der Waals surface area contributed by atoms with Crippen molar-refractivity contribution in [3.8, 4) is 0 Å². The van der Waals surface area contributed by atoms with E-state index in [4.69, 9.17) is 0 Å². The van der Waals surface area contributed by atoms with Gasteiger partial charge in [-0.05, 0) is 25.5 Å². The molecule has 0 heterocycles. The van der Waals surface area contributed by atoms with Gasteiger partial charge in [0.15, 0.2) is 0 Å². The first-order valence-corrected chi connectivity index (χ1v) is 6.18. The van der Waals surface area contributed by atoms with Gasteiger partial charge in [0.25, 0.3) is 0 Å². The van der Waals surface area contributed by atoms with Gasteiger partial charge in [-0.15, -0.1) is 0 Å². The zero-order valence-electron chi connectivity index (χ0n) is 11.0. The van der Waals surface area contributed by atoms with Crippen LogP contribution in [-0.2, 0) is 9.53 Å². The molecule has 4 heteroatoms. The molecule has 0 radical (unpaired) electrons. The summed E-state index contributed by atoms with van der Waals surface area (Å²) >= 11 is 0. The number of hydrogen-bond acceptors (Lipinski definition) is 4. The number of ether oxygens (including phenoxy) is 1. The van der Waals surface area contributed by atoms with Crippen LogP contribution in [0.2, 0.25) is 0 Å². The third-order valence-electron chi connectivity index (χ3n) is 2.64. The second kappa shape index (κ2) is 7.71. The number of hydrogen-bond donors (Lipinski definition) is 1. The summed E-state index contributed by atoms with van der Waals surface area (Å²) in [6.07, 6.45) is 0.719. The summed E-state index contributed by atoms with van der Waals surface area (Å²) in [5.41, 5.74) is 1.06. The molecule has 1 rings (SSSR count). The van der Waals surface area contributed by atoms with E-state index in [1.165, 1.54) is 7.11 Å². The highest BCUT2D eigenvalue weighted by Gasteiger charge is 2.10. The van der Waals surface area contributed by atoms with Gasteiger partial charge in [0, 0.05) is 25.2 Å². The third kappa shape index (κ3) is 5.19. The molecule has 4 nitrogen and oxygen atoms in total. The molecule has 0 aliphatic rings. The SMILES string of the molecule is COC(=O)CCCN(CC(C)O)c1ccccc1. The average Bonchev–Trinajstić information content (AvgIpc) is 2.38. The number of carbonyl (C=O) groups excluding carboxylic acids is 1. The minimum atomic E-state index is -0.400. The predicted molar refractivity (Wildman–Crippen MR) is 71.6 cm³/mol. The number of aliphatic hydroxyl groups is 1. The molecule has 0 aliphatic heterocycles. The molecule has 0 fully saturated rings. The van der Waals surface area contributed by atoms with Crippen molar-refractivity contribution >= 4 is 11.7 Å². The quantitative estimate of drug-likeness (QED) is 0.751. The maximum absolute atomic E-state index is 11.1. The fourth-order valence-corrected chi connectivity index (χ4v) is 1.80. The van der Waals surface area contributed by atoms with Gasteiger partial charge >= 0.3 is 5.97 Å². The van der Waals surface area contributed by atoms with Gasteiger partial charge in [0.2, 0.25) is 0 Å². The van der Waals surface area contributed by atoms with Crippen LogP contribution in [0.1, 0.15) is 19.8 Å². The highest BCUT2D eigenvalue weighted by molar-refractivity contribution is 5.69. The number of aliphatic hydroxyl groups excluding tert-OH is 1. The van der Waals surface area contributed by atoms with Crippen molar-refractivity contribution in [3.05, 3.63) is 30.3 Å². The van der Waals surface area contributed by atoms with Gasteiger partial charge < -0.3 is 14.7 Å². The number of carbonyl (C=O) groups is 1. The second-order valence-corrected chi connectivity index (χ2v) is 4.31. The van der Waals surface area contributed by atoms with Gasteiger partial charge in [0.1, 0.15) is 0 Å². The summed E-state index contributed by atoms with van der Waals surface area (Å²) in [7, 11) is 1.40. The minimum Gasteiger partial charge on any atom is -0.469 e. The monoisotopic (exact) mass is 251 g/mol. The second-order valence-electron chi connectivity index (χ2n) is 4.31. The van der Waals surface area contributed by atoms with Crippen LogP contribution in [0.3, 0.4) is 0 Å². The maximum atomic E-state index is 11.1. The Bertz CT molecular complexity index is 351. The lowest BCUT2D eigenvalue weighted by atomic mass is 10.2. The summed E-state index contributed by atoms with van der Waals surface area (Å²) < 4.78 is 4.61. The summed E-state index contributed by atoms with van der Waals surface area (Å²) in [5, 5.41) is 9.51. The number of esters is 1. The Balaban J connectivity index is 2.54. The number of nitrogens with zero attached hydrogens (tertiary/aromatic N) is 1. The van der Waals surface area contributed by atoms with Crippen LogP contribution in [0.4, 0.5) is 5.69 Å². The molecular formula is C14H21NO3. The summed E-state index contributed by atoms with van der Waals surface area (Å²) in [4.78, 5) is 13.1. The van der Waals surface area contributed by atoms with Gasteiger partial charge in [-0.2, -0.15) is 0 Å². The predicted octanol–water partition coefficient (Wildman–Crippen LogP) is 1.83. The molecule has 0 aromatic heterocycles. The highest BCUT2D eigenvalue weighted by Crippen LogP contribution is 2.14. The van der Waals surface area contributed by atoms with E-state index < -0.39 is 6.10 Å². The molecular weight excluding hydrogens is 230 g/mol. The van der Waals surface area contributed by atoms with Crippen molar-refractivity contribution < 1.29 is 14.6 Å². The Morgan fingerprint density at radius 2 is 2.06 bits per heavy atom. The first-order chi connectivity index (χ1) is 8.63. The molecule has 18 heavy (non-hydrogen) atoms. The van der Waals surface area contributed by atoms with E-state index in [0.29, 0.717) is 19.4 Å². The average molecular weight is 251 g/mol. The van der Waals surface area contributed by atoms with Crippen molar-refractivity contribution in [2.45, 2.75) is 25.9 Å². The fraction of sp³-hybridized carbons (Fsp3) is 0.500.